The summed E-state index contributed by atoms with van der Waals surface area (Å²) in [6.07, 6.45) is -0.638. The standard InChI is InChI=1S/C16H24N2O4S/c1-16(2,3)22-15(20)18-13(14(19)21-4)10-23-9-11-5-7-12(17)8-6-11/h5-8,13H,9-10,17H2,1-4H3,(H,18,20)/t13-/m0/s1. The summed E-state index contributed by atoms with van der Waals surface area (Å²) in [5.74, 6) is 0.584. The van der Waals surface area contributed by atoms with Gasteiger partial charge in [0, 0.05) is 17.2 Å². The van der Waals surface area contributed by atoms with Crippen LogP contribution >= 0.6 is 11.8 Å². The largest absolute Gasteiger partial charge is 0.467 e. The zero-order chi connectivity index (χ0) is 17.5. The molecule has 3 N–H and O–H groups in total. The van der Waals surface area contributed by atoms with Crippen molar-refractivity contribution in [2.45, 2.75) is 38.2 Å². The first-order valence-electron chi connectivity index (χ1n) is 7.21. The van der Waals surface area contributed by atoms with Gasteiger partial charge in [0.15, 0.2) is 0 Å². The van der Waals surface area contributed by atoms with Crippen molar-refractivity contribution in [2.75, 3.05) is 18.6 Å². The number of carbonyl (C=O) groups is 2. The highest BCUT2D eigenvalue weighted by atomic mass is 32.2. The molecule has 0 aliphatic rings. The second kappa shape index (κ2) is 8.67. The molecule has 0 aliphatic heterocycles. The molecule has 1 aromatic carbocycles. The van der Waals surface area contributed by atoms with Gasteiger partial charge in [-0.05, 0) is 38.5 Å². The van der Waals surface area contributed by atoms with Gasteiger partial charge in [0.1, 0.15) is 11.6 Å². The molecular weight excluding hydrogens is 316 g/mol. The average Bonchev–Trinajstić information content (AvgIpc) is 2.45. The zero-order valence-corrected chi connectivity index (χ0v) is 14.7. The molecule has 0 saturated heterocycles. The number of carbonyl (C=O) groups excluding carboxylic acids is 2. The van der Waals surface area contributed by atoms with E-state index in [0.717, 1.165) is 5.56 Å². The minimum Gasteiger partial charge on any atom is -0.467 e. The van der Waals surface area contributed by atoms with Gasteiger partial charge in [0.25, 0.3) is 0 Å². The molecule has 0 aliphatic carbocycles. The number of rotatable bonds is 6. The van der Waals surface area contributed by atoms with Crippen molar-refractivity contribution < 1.29 is 19.1 Å². The Hall–Kier alpha value is -1.89. The van der Waals surface area contributed by atoms with Crippen LogP contribution in [0.1, 0.15) is 26.3 Å². The van der Waals surface area contributed by atoms with Crippen LogP contribution in [0, 0.1) is 0 Å². The number of hydrogen-bond donors (Lipinski definition) is 2. The highest BCUT2D eigenvalue weighted by molar-refractivity contribution is 7.98. The van der Waals surface area contributed by atoms with Crippen LogP contribution in [-0.4, -0.2) is 36.6 Å². The van der Waals surface area contributed by atoms with E-state index in [1.807, 2.05) is 24.3 Å². The van der Waals surface area contributed by atoms with Gasteiger partial charge in [0.05, 0.1) is 7.11 Å². The first-order chi connectivity index (χ1) is 10.7. The number of ether oxygens (including phenoxy) is 2. The number of hydrogen-bond acceptors (Lipinski definition) is 6. The predicted molar refractivity (Wildman–Crippen MR) is 92.2 cm³/mol. The maximum absolute atomic E-state index is 11.8. The molecule has 1 atom stereocenters. The Kier molecular flexibility index (Phi) is 7.22. The molecule has 0 heterocycles. The number of esters is 1. The van der Waals surface area contributed by atoms with E-state index < -0.39 is 23.7 Å². The molecule has 0 aromatic heterocycles. The third kappa shape index (κ3) is 7.78. The maximum Gasteiger partial charge on any atom is 0.408 e. The molecule has 1 aromatic rings. The molecule has 23 heavy (non-hydrogen) atoms. The second-order valence-electron chi connectivity index (χ2n) is 5.98. The summed E-state index contributed by atoms with van der Waals surface area (Å²) in [5.41, 5.74) is 6.81. The summed E-state index contributed by atoms with van der Waals surface area (Å²) in [6, 6.07) is 6.75. The fraction of sp³-hybridized carbons (Fsp3) is 0.500. The lowest BCUT2D eigenvalue weighted by Gasteiger charge is -2.22. The van der Waals surface area contributed by atoms with Crippen LogP contribution in [0.5, 0.6) is 0 Å². The lowest BCUT2D eigenvalue weighted by molar-refractivity contribution is -0.142. The Morgan fingerprint density at radius 2 is 1.87 bits per heavy atom. The Balaban J connectivity index is 2.52. The minimum atomic E-state index is -0.756. The Morgan fingerprint density at radius 3 is 2.39 bits per heavy atom. The Labute approximate surface area is 141 Å². The highest BCUT2D eigenvalue weighted by Crippen LogP contribution is 2.15. The topological polar surface area (TPSA) is 90.6 Å². The number of nitrogens with one attached hydrogen (secondary N) is 1. The number of anilines is 1. The van der Waals surface area contributed by atoms with Gasteiger partial charge in [0.2, 0.25) is 0 Å². The van der Waals surface area contributed by atoms with Crippen molar-refractivity contribution in [1.82, 2.24) is 5.32 Å². The molecule has 128 valence electrons. The Morgan fingerprint density at radius 1 is 1.26 bits per heavy atom. The monoisotopic (exact) mass is 340 g/mol. The zero-order valence-electron chi connectivity index (χ0n) is 13.9. The lowest BCUT2D eigenvalue weighted by atomic mass is 10.2. The van der Waals surface area contributed by atoms with Crippen molar-refractivity contribution >= 4 is 29.5 Å². The number of alkyl carbamates (subject to hydrolysis) is 1. The molecular formula is C16H24N2O4S. The van der Waals surface area contributed by atoms with E-state index >= 15 is 0 Å². The van der Waals surface area contributed by atoms with Gasteiger partial charge < -0.3 is 20.5 Å². The molecule has 7 heteroatoms. The van der Waals surface area contributed by atoms with Crippen molar-refractivity contribution in [2.24, 2.45) is 0 Å². The smallest absolute Gasteiger partial charge is 0.408 e. The van der Waals surface area contributed by atoms with Crippen molar-refractivity contribution in [3.8, 4) is 0 Å². The summed E-state index contributed by atoms with van der Waals surface area (Å²) in [6.45, 7) is 5.28. The molecule has 0 unspecified atom stereocenters. The summed E-state index contributed by atoms with van der Waals surface area (Å²) < 4.78 is 9.88. The van der Waals surface area contributed by atoms with E-state index in [4.69, 9.17) is 15.2 Å². The second-order valence-corrected chi connectivity index (χ2v) is 7.01. The van der Waals surface area contributed by atoms with E-state index in [-0.39, 0.29) is 0 Å². The fourth-order valence-corrected chi connectivity index (χ4v) is 2.67. The van der Waals surface area contributed by atoms with E-state index in [2.05, 4.69) is 5.32 Å². The van der Waals surface area contributed by atoms with Gasteiger partial charge in [-0.15, -0.1) is 0 Å². The van der Waals surface area contributed by atoms with Crippen LogP contribution in [-0.2, 0) is 20.0 Å². The molecule has 1 amide bonds. The van der Waals surface area contributed by atoms with Crippen molar-refractivity contribution in [1.29, 1.82) is 0 Å². The normalized spacial score (nSPS) is 12.3. The first kappa shape index (κ1) is 19.2. The Bertz CT molecular complexity index is 526. The number of benzene rings is 1. The van der Waals surface area contributed by atoms with E-state index in [9.17, 15) is 9.59 Å². The third-order valence-electron chi connectivity index (χ3n) is 2.71. The van der Waals surface area contributed by atoms with Crippen LogP contribution < -0.4 is 11.1 Å². The number of nitrogens with two attached hydrogens (primary N) is 1. The number of methoxy groups -OCH3 is 1. The average molecular weight is 340 g/mol. The van der Waals surface area contributed by atoms with Crippen LogP contribution in [0.15, 0.2) is 24.3 Å². The van der Waals surface area contributed by atoms with E-state index in [0.29, 0.717) is 17.2 Å². The van der Waals surface area contributed by atoms with Crippen LogP contribution in [0.25, 0.3) is 0 Å². The van der Waals surface area contributed by atoms with Gasteiger partial charge >= 0.3 is 12.1 Å². The molecule has 0 bridgehead atoms. The van der Waals surface area contributed by atoms with Crippen molar-refractivity contribution in [3.63, 3.8) is 0 Å². The van der Waals surface area contributed by atoms with Gasteiger partial charge in [-0.25, -0.2) is 9.59 Å². The lowest BCUT2D eigenvalue weighted by Crippen LogP contribution is -2.45. The number of thioether (sulfide) groups is 1. The van der Waals surface area contributed by atoms with Crippen LogP contribution in [0.4, 0.5) is 10.5 Å². The predicted octanol–water partition coefficient (Wildman–Crippen LogP) is 2.57. The molecule has 6 nitrogen and oxygen atoms in total. The van der Waals surface area contributed by atoms with Crippen LogP contribution in [0.3, 0.4) is 0 Å². The van der Waals surface area contributed by atoms with E-state index in [1.54, 1.807) is 20.8 Å². The van der Waals surface area contributed by atoms with Gasteiger partial charge in [-0.2, -0.15) is 11.8 Å². The number of amides is 1. The number of nitrogen functional groups attached to an aromatic ring is 1. The molecule has 0 radical (unpaired) electrons. The quantitative estimate of drug-likeness (QED) is 0.611. The summed E-state index contributed by atoms with van der Waals surface area (Å²) in [7, 11) is 1.29. The minimum absolute atomic E-state index is 0.385. The molecule has 0 saturated carbocycles. The molecule has 0 fully saturated rings. The SMILES string of the molecule is COC(=O)[C@H](CSCc1ccc(N)cc1)NC(=O)OC(C)(C)C. The van der Waals surface area contributed by atoms with Gasteiger partial charge in [-0.3, -0.25) is 0 Å². The fourth-order valence-electron chi connectivity index (χ4n) is 1.67. The maximum atomic E-state index is 11.8. The van der Waals surface area contributed by atoms with E-state index in [1.165, 1.54) is 18.9 Å². The molecule has 0 spiro atoms. The summed E-state index contributed by atoms with van der Waals surface area (Å²) in [5, 5.41) is 2.54. The summed E-state index contributed by atoms with van der Waals surface area (Å²) >= 11 is 1.51. The van der Waals surface area contributed by atoms with Gasteiger partial charge in [-0.1, -0.05) is 12.1 Å². The first-order valence-corrected chi connectivity index (χ1v) is 8.36. The van der Waals surface area contributed by atoms with Crippen molar-refractivity contribution in [3.05, 3.63) is 29.8 Å². The highest BCUT2D eigenvalue weighted by Gasteiger charge is 2.24. The third-order valence-corrected chi connectivity index (χ3v) is 3.82. The van der Waals surface area contributed by atoms with Crippen LogP contribution in [0.2, 0.25) is 0 Å². The summed E-state index contributed by atoms with van der Waals surface area (Å²) in [4.78, 5) is 23.6. The molecule has 1 rings (SSSR count).